The van der Waals surface area contributed by atoms with Crippen LogP contribution in [0.15, 0.2) is 188 Å². The van der Waals surface area contributed by atoms with E-state index < -0.39 is 13.5 Å². The van der Waals surface area contributed by atoms with E-state index in [1.807, 2.05) is 0 Å². The Kier molecular flexibility index (Phi) is 6.05. The summed E-state index contributed by atoms with van der Waals surface area (Å²) in [5.41, 5.74) is 19.4. The maximum Gasteiger partial charge on any atom is 0.182 e. The van der Waals surface area contributed by atoms with Crippen molar-refractivity contribution in [3.8, 4) is 33.4 Å². The van der Waals surface area contributed by atoms with Crippen molar-refractivity contribution >= 4 is 56.7 Å². The molecule has 0 N–H and O–H groups in total. The van der Waals surface area contributed by atoms with Crippen molar-refractivity contribution in [3.63, 3.8) is 0 Å². The zero-order valence-corrected chi connectivity index (χ0v) is 32.8. The van der Waals surface area contributed by atoms with Gasteiger partial charge in [0.2, 0.25) is 0 Å². The number of hydrogen-bond donors (Lipinski definition) is 0. The Labute approximate surface area is 334 Å². The zero-order chi connectivity index (χ0) is 37.6. The average molecular weight is 740 g/mol. The summed E-state index contributed by atoms with van der Waals surface area (Å²) in [7, 11) is -2.64. The molecule has 1 aliphatic carbocycles. The quantitative estimate of drug-likeness (QED) is 0.152. The van der Waals surface area contributed by atoms with Crippen molar-refractivity contribution in [2.24, 2.45) is 0 Å². The van der Waals surface area contributed by atoms with E-state index in [1.54, 1.807) is 0 Å². The van der Waals surface area contributed by atoms with E-state index in [0.29, 0.717) is 0 Å². The van der Waals surface area contributed by atoms with E-state index in [0.717, 1.165) is 0 Å². The first-order chi connectivity index (χ1) is 28.1. The molecule has 2 heteroatoms. The lowest BCUT2D eigenvalue weighted by Gasteiger charge is -2.45. The highest BCUT2D eigenvalue weighted by Crippen LogP contribution is 2.64. The van der Waals surface area contributed by atoms with E-state index in [4.69, 9.17) is 0 Å². The molecule has 0 saturated carbocycles. The second-order valence-electron chi connectivity index (χ2n) is 16.5. The highest BCUT2D eigenvalue weighted by molar-refractivity contribution is 7.24. The summed E-state index contributed by atoms with van der Waals surface area (Å²) in [6.45, 7) is 4.48. The molecule has 2 spiro atoms. The predicted molar refractivity (Wildman–Crippen MR) is 241 cm³/mol. The predicted octanol–water partition coefficient (Wildman–Crippen LogP) is 10.9. The summed E-state index contributed by atoms with van der Waals surface area (Å²) in [4.78, 5) is 2.60. The molecule has 3 heterocycles. The molecule has 0 aromatic heterocycles. The standard InChI is InChI=1S/C55H37NSi/c1-34-23-26-39-40-27-24-35(2)30-47(40)55(46(39)29-34)45-18-8-9-19-49(45)56(50-32-37-14-4-3-13-36(37)31-48(50)55)38-25-28-44-43-17-7-12-22-53(43)57(54(44)33-38)51-20-10-5-15-41(51)42-16-6-11-21-52(42)57/h3-33H,1-2H3. The average Bonchev–Trinajstić information content (AvgIpc) is 3.83. The third kappa shape index (κ3) is 3.75. The van der Waals surface area contributed by atoms with Gasteiger partial charge in [-0.2, -0.15) is 0 Å². The number of hydrogen-bond acceptors (Lipinski definition) is 1. The summed E-state index contributed by atoms with van der Waals surface area (Å²) >= 11 is 0. The second kappa shape index (κ2) is 11.0. The smallest absolute Gasteiger partial charge is 0.182 e. The molecule has 0 amide bonds. The number of rotatable bonds is 1. The number of para-hydroxylation sites is 1. The zero-order valence-electron chi connectivity index (χ0n) is 31.8. The van der Waals surface area contributed by atoms with Crippen LogP contribution < -0.4 is 25.6 Å². The Balaban J connectivity index is 1.15. The van der Waals surface area contributed by atoms with Crippen LogP contribution in [0.3, 0.4) is 0 Å². The van der Waals surface area contributed by atoms with Gasteiger partial charge in [0.15, 0.2) is 8.07 Å². The summed E-state index contributed by atoms with van der Waals surface area (Å²) in [6, 6.07) is 72.6. The van der Waals surface area contributed by atoms with Crippen LogP contribution in [0.2, 0.25) is 0 Å². The molecule has 0 atom stereocenters. The Morgan fingerprint density at radius 1 is 0.351 bits per heavy atom. The molecule has 1 nitrogen and oxygen atoms in total. The molecule has 0 bridgehead atoms. The summed E-state index contributed by atoms with van der Waals surface area (Å²) < 4.78 is 0. The van der Waals surface area contributed by atoms with Gasteiger partial charge in [-0.3, -0.25) is 0 Å². The number of nitrogens with zero attached hydrogens (tertiary/aromatic N) is 1. The van der Waals surface area contributed by atoms with Gasteiger partial charge in [-0.05, 0) is 131 Å². The van der Waals surface area contributed by atoms with Crippen LogP contribution in [0.1, 0.15) is 33.4 Å². The van der Waals surface area contributed by atoms with Gasteiger partial charge in [0, 0.05) is 5.69 Å². The van der Waals surface area contributed by atoms with Crippen LogP contribution in [0.5, 0.6) is 0 Å². The summed E-state index contributed by atoms with van der Waals surface area (Å²) in [6.07, 6.45) is 0. The van der Waals surface area contributed by atoms with E-state index in [-0.39, 0.29) is 0 Å². The Hall–Kier alpha value is -6.74. The topological polar surface area (TPSA) is 3.24 Å². The molecular weight excluding hydrogens is 703 g/mol. The SMILES string of the molecule is Cc1ccc2c(c1)C1(c3cc(C)ccc3-2)c2ccccc2N(c2ccc3c(c2)[Si]2(c4ccccc4-c4ccccc42)c2ccccc2-3)c2cc3ccccc3cc21. The first-order valence-corrected chi connectivity index (χ1v) is 22.2. The monoisotopic (exact) mass is 739 g/mol. The number of benzene rings is 9. The molecule has 266 valence electrons. The molecule has 3 aliphatic heterocycles. The van der Waals surface area contributed by atoms with Gasteiger partial charge in [0.25, 0.3) is 0 Å². The fourth-order valence-corrected chi connectivity index (χ4v) is 17.2. The van der Waals surface area contributed by atoms with Crippen LogP contribution in [0.4, 0.5) is 17.1 Å². The highest BCUT2D eigenvalue weighted by Gasteiger charge is 2.55. The summed E-state index contributed by atoms with van der Waals surface area (Å²) in [5, 5.41) is 8.51. The maximum absolute atomic E-state index is 2.64. The van der Waals surface area contributed by atoms with Gasteiger partial charge < -0.3 is 4.90 Å². The van der Waals surface area contributed by atoms with Gasteiger partial charge in [-0.25, -0.2) is 0 Å². The van der Waals surface area contributed by atoms with Crippen molar-refractivity contribution in [2.45, 2.75) is 19.3 Å². The first kappa shape index (κ1) is 31.5. The fraction of sp³-hybridized carbons (Fsp3) is 0.0545. The van der Waals surface area contributed by atoms with Gasteiger partial charge >= 0.3 is 0 Å². The molecule has 0 unspecified atom stereocenters. The van der Waals surface area contributed by atoms with Crippen LogP contribution in [-0.2, 0) is 5.41 Å². The number of fused-ring (bicyclic) bond motifs is 20. The van der Waals surface area contributed by atoms with Gasteiger partial charge in [0.1, 0.15) is 0 Å². The highest BCUT2D eigenvalue weighted by atomic mass is 28.3. The van der Waals surface area contributed by atoms with Crippen molar-refractivity contribution in [1.82, 2.24) is 0 Å². The second-order valence-corrected chi connectivity index (χ2v) is 20.2. The molecule has 57 heavy (non-hydrogen) atoms. The first-order valence-electron chi connectivity index (χ1n) is 20.2. The minimum atomic E-state index is -2.64. The van der Waals surface area contributed by atoms with Crippen LogP contribution in [-0.4, -0.2) is 8.07 Å². The lowest BCUT2D eigenvalue weighted by Crippen LogP contribution is -2.70. The van der Waals surface area contributed by atoms with Crippen LogP contribution >= 0.6 is 0 Å². The third-order valence-corrected chi connectivity index (χ3v) is 18.7. The largest absolute Gasteiger partial charge is 0.310 e. The number of aryl methyl sites for hydroxylation is 2. The molecule has 13 rings (SSSR count). The molecule has 0 saturated heterocycles. The van der Waals surface area contributed by atoms with E-state index >= 15 is 0 Å². The van der Waals surface area contributed by atoms with Crippen LogP contribution in [0.25, 0.3) is 44.2 Å². The molecule has 0 fully saturated rings. The third-order valence-electron chi connectivity index (χ3n) is 13.7. The molecular formula is C55H37NSi. The van der Waals surface area contributed by atoms with Crippen molar-refractivity contribution in [3.05, 3.63) is 221 Å². The van der Waals surface area contributed by atoms with E-state index in [1.165, 1.54) is 115 Å². The lowest BCUT2D eigenvalue weighted by molar-refractivity contribution is 0.752. The fourth-order valence-electron chi connectivity index (χ4n) is 11.6. The Morgan fingerprint density at radius 3 is 1.46 bits per heavy atom. The maximum atomic E-state index is 2.60. The van der Waals surface area contributed by atoms with Gasteiger partial charge in [-0.15, -0.1) is 0 Å². The lowest BCUT2D eigenvalue weighted by atomic mass is 9.64. The van der Waals surface area contributed by atoms with Gasteiger partial charge in [-0.1, -0.05) is 169 Å². The van der Waals surface area contributed by atoms with E-state index in [9.17, 15) is 0 Å². The molecule has 9 aromatic rings. The molecule has 0 radical (unpaired) electrons. The Morgan fingerprint density at radius 2 is 0.842 bits per heavy atom. The summed E-state index contributed by atoms with van der Waals surface area (Å²) in [5.74, 6) is 0. The number of anilines is 3. The molecule has 9 aromatic carbocycles. The van der Waals surface area contributed by atoms with Crippen molar-refractivity contribution in [2.75, 3.05) is 4.90 Å². The van der Waals surface area contributed by atoms with Crippen molar-refractivity contribution < 1.29 is 0 Å². The Bertz CT molecular complexity index is 3130. The minimum absolute atomic E-state index is 0.485. The van der Waals surface area contributed by atoms with E-state index in [2.05, 4.69) is 207 Å². The molecule has 4 aliphatic rings. The van der Waals surface area contributed by atoms with Gasteiger partial charge in [0.05, 0.1) is 16.8 Å². The normalized spacial score (nSPS) is 15.1. The minimum Gasteiger partial charge on any atom is -0.310 e. The van der Waals surface area contributed by atoms with Crippen molar-refractivity contribution in [1.29, 1.82) is 0 Å². The van der Waals surface area contributed by atoms with Crippen LogP contribution in [0, 0.1) is 13.8 Å².